The molecule has 0 amide bonds. The van der Waals surface area contributed by atoms with Crippen LogP contribution in [0.1, 0.15) is 105 Å². The van der Waals surface area contributed by atoms with E-state index in [0.717, 1.165) is 83.2 Å². The van der Waals surface area contributed by atoms with Gasteiger partial charge in [-0.3, -0.25) is 0 Å². The molecule has 4 fully saturated rings. The first-order valence-electron chi connectivity index (χ1n) is 36.0. The van der Waals surface area contributed by atoms with E-state index in [4.69, 9.17) is 84.1 Å². The molecule has 0 saturated carbocycles. The molecule has 0 bridgehead atoms. The number of hydrogen-bond donors (Lipinski definition) is 1. The van der Waals surface area contributed by atoms with E-state index in [1.807, 2.05) is 78.7 Å². The lowest BCUT2D eigenvalue weighted by atomic mass is 9.90. The largest absolute Gasteiger partial charge is 0.640 e. The van der Waals surface area contributed by atoms with Crippen molar-refractivity contribution in [3.8, 4) is 0 Å². The van der Waals surface area contributed by atoms with Gasteiger partial charge in [-0.25, -0.2) is 30.7 Å². The molecule has 1 N–H and O–H groups in total. The Morgan fingerprint density at radius 1 is 0.426 bits per heavy atom. The molecule has 4 heterocycles. The van der Waals surface area contributed by atoms with Gasteiger partial charge in [0.15, 0.2) is 0 Å². The fourth-order valence-corrected chi connectivity index (χ4v) is 12.9. The number of hydrogen-bond acceptors (Lipinski definition) is 18. The molecule has 0 radical (unpaired) electrons. The Balaban J connectivity index is 0.000000210. The average molecular weight is 2340 g/mol. The summed E-state index contributed by atoms with van der Waals surface area (Å²) in [5, 5.41) is 8.86. The number of rotatable bonds is 25. The highest BCUT2D eigenvalue weighted by atomic mass is 127. The summed E-state index contributed by atoms with van der Waals surface area (Å²) >= 11 is 16.2. The van der Waals surface area contributed by atoms with Crippen molar-refractivity contribution in [2.75, 3.05) is 40.1 Å². The highest BCUT2D eigenvalue weighted by molar-refractivity contribution is 14.1. The summed E-state index contributed by atoms with van der Waals surface area (Å²) in [6.07, 6.45) is 1.96. The predicted molar refractivity (Wildman–Crippen MR) is 485 cm³/mol. The van der Waals surface area contributed by atoms with Gasteiger partial charge in [0.05, 0.1) is 83.4 Å². The van der Waals surface area contributed by atoms with E-state index in [9.17, 15) is 30.7 Å². The second-order valence-corrected chi connectivity index (χ2v) is 34.3. The van der Waals surface area contributed by atoms with Gasteiger partial charge in [-0.05, 0) is 382 Å². The van der Waals surface area contributed by atoms with E-state index in [0.29, 0.717) is 52.9 Å². The van der Waals surface area contributed by atoms with E-state index in [2.05, 4.69) is 151 Å². The van der Waals surface area contributed by atoms with Gasteiger partial charge in [0.2, 0.25) is 0 Å². The maximum atomic E-state index is 13.2. The van der Waals surface area contributed by atoms with E-state index < -0.39 is 47.6 Å². The van der Waals surface area contributed by atoms with Crippen LogP contribution < -0.4 is 0 Å². The predicted octanol–water partition coefficient (Wildman–Crippen LogP) is 20.4. The summed E-state index contributed by atoms with van der Waals surface area (Å²) in [7, 11) is -2.48. The Hall–Kier alpha value is -2.14. The molecule has 1 unspecified atom stereocenters. The smallest absolute Gasteiger partial charge is 0.427 e. The minimum Gasteiger partial charge on any atom is -0.427 e. The third kappa shape index (κ3) is 39.1. The molecule has 8 aromatic carbocycles. The third-order valence-corrected chi connectivity index (χ3v) is 23.6. The SMILES string of the molecule is CB(O)OCc1cc(F)ccc1I.CB(OCc1cc(F)ccc1I)OC(C)C.CC1(C)OB(OCc2cc(F)ccc2I)OC1(C)C.COB(C)OCc1cc(F)ccc1I.Fc1ccc(Br)c(COB2OCCCCO2)c1.Fc1ccc(I)c(COB2OCC(c3ccccc3)O2)c1.Fc1ccc(I)c(COB2OCCO2)c1. The van der Waals surface area contributed by atoms with Crippen LogP contribution in [0.4, 0.5) is 30.7 Å². The fraction of sp³-hybridized carbons (Fsp3) is 0.368. The summed E-state index contributed by atoms with van der Waals surface area (Å²) in [5.41, 5.74) is 5.76. The second-order valence-electron chi connectivity index (χ2n) is 26.5. The number of benzene rings is 8. The molecule has 1 atom stereocenters. The van der Waals surface area contributed by atoms with Crippen molar-refractivity contribution >= 4 is 202 Å². The first-order valence-corrected chi connectivity index (χ1v) is 43.3. The highest BCUT2D eigenvalue weighted by Gasteiger charge is 2.53. The molecule has 115 heavy (non-hydrogen) atoms. The van der Waals surface area contributed by atoms with Crippen molar-refractivity contribution in [1.29, 1.82) is 0 Å². The van der Waals surface area contributed by atoms with Crippen LogP contribution in [0.2, 0.25) is 20.5 Å². The van der Waals surface area contributed by atoms with Crippen molar-refractivity contribution in [3.05, 3.63) is 269 Å². The van der Waals surface area contributed by atoms with E-state index >= 15 is 0 Å². The molecule has 0 aliphatic carbocycles. The van der Waals surface area contributed by atoms with Crippen LogP contribution in [0.25, 0.3) is 0 Å². The van der Waals surface area contributed by atoms with Gasteiger partial charge in [0.25, 0.3) is 0 Å². The summed E-state index contributed by atoms with van der Waals surface area (Å²) in [6, 6.07) is 42.0. The summed E-state index contributed by atoms with van der Waals surface area (Å²) < 4.78 is 189. The molecule has 8 aromatic rings. The molecule has 39 heteroatoms. The van der Waals surface area contributed by atoms with Gasteiger partial charge in [0.1, 0.15) is 40.7 Å². The third-order valence-electron chi connectivity index (χ3n) is 16.5. The first-order chi connectivity index (χ1) is 54.6. The Morgan fingerprint density at radius 3 is 1.12 bits per heavy atom. The fourth-order valence-electron chi connectivity index (χ4n) is 9.63. The van der Waals surface area contributed by atoms with Gasteiger partial charge in [-0.15, -0.1) is 0 Å². The second kappa shape index (κ2) is 53.8. The topological polar surface area (TPSA) is 177 Å². The Morgan fingerprint density at radius 2 is 0.748 bits per heavy atom. The van der Waals surface area contributed by atoms with Crippen molar-refractivity contribution < 1.29 is 115 Å². The molecule has 4 saturated heterocycles. The summed E-state index contributed by atoms with van der Waals surface area (Å²) in [6.45, 7) is 21.7. The maximum Gasteiger partial charge on any atom is 0.640 e. The lowest BCUT2D eigenvalue weighted by molar-refractivity contribution is 0.00578. The average Bonchev–Trinajstić information content (AvgIpc) is 1.64. The van der Waals surface area contributed by atoms with Gasteiger partial charge < -0.3 is 84.1 Å². The van der Waals surface area contributed by atoms with Gasteiger partial charge >= 0.3 is 50.6 Å². The quantitative estimate of drug-likeness (QED) is 0.0324. The zero-order valence-electron chi connectivity index (χ0n) is 64.8. The maximum absolute atomic E-state index is 13.2. The molecular formula is C76H87B7BrF7I6O18. The lowest BCUT2D eigenvalue weighted by Gasteiger charge is -2.31. The van der Waals surface area contributed by atoms with Crippen LogP contribution in [0.5, 0.6) is 0 Å². The van der Waals surface area contributed by atoms with Crippen LogP contribution in [0.15, 0.2) is 162 Å². The van der Waals surface area contributed by atoms with E-state index in [-0.39, 0.29) is 93.6 Å². The van der Waals surface area contributed by atoms with Crippen molar-refractivity contribution in [1.82, 2.24) is 0 Å². The minimum atomic E-state index is -0.820. The van der Waals surface area contributed by atoms with E-state index in [1.165, 1.54) is 91.8 Å². The monoisotopic (exact) mass is 2340 g/mol. The molecular weight excluding hydrogens is 2250 g/mol. The van der Waals surface area contributed by atoms with Crippen LogP contribution in [-0.4, -0.2) is 113 Å². The number of halogens is 14. The van der Waals surface area contributed by atoms with Crippen molar-refractivity contribution in [2.24, 2.45) is 0 Å². The van der Waals surface area contributed by atoms with E-state index in [1.54, 1.807) is 56.4 Å². The Bertz CT molecular complexity index is 4200. The summed E-state index contributed by atoms with van der Waals surface area (Å²) in [5.74, 6) is -1.86. The molecule has 0 aromatic heterocycles. The zero-order valence-corrected chi connectivity index (χ0v) is 79.3. The van der Waals surface area contributed by atoms with Crippen LogP contribution in [0.3, 0.4) is 0 Å². The summed E-state index contributed by atoms with van der Waals surface area (Å²) in [4.78, 5) is 0. The Labute approximate surface area is 762 Å². The van der Waals surface area contributed by atoms with Crippen LogP contribution in [-0.2, 0) is 125 Å². The molecule has 4 aliphatic rings. The zero-order chi connectivity index (χ0) is 84.2. The van der Waals surface area contributed by atoms with Gasteiger partial charge in [-0.2, -0.15) is 0 Å². The normalized spacial score (nSPS) is 15.3. The molecule has 618 valence electrons. The van der Waals surface area contributed by atoms with Gasteiger partial charge in [0, 0.05) is 52.3 Å². The van der Waals surface area contributed by atoms with Crippen LogP contribution >= 0.6 is 151 Å². The van der Waals surface area contributed by atoms with Crippen molar-refractivity contribution in [3.63, 3.8) is 0 Å². The van der Waals surface area contributed by atoms with Gasteiger partial charge in [-0.1, -0.05) is 46.3 Å². The molecule has 0 spiro atoms. The standard InChI is InChI=1S/C15H13BFIO3.C13H17BFIO3.C11H13BBrFO3.C11H15BFIO2.C9H9BFIO3.C9H11BFIO2.C8H9BFIO2/c17-13-6-7-14(18)12(8-13)9-19-16-20-10-15(21-16)11-4-2-1-3-5-11;1-12(2)13(3,4)19-14(18-12)17-8-9-7-10(15)5-6-11(9)16;13-11-4-3-10(14)7-9(11)8-17-12-15-5-1-2-6-16-12;1-8(2)16-12(3)15-7-9-6-10(13)4-5-11(9)14;11-8-1-2-9(12)7(5-8)6-15-10-13-3-4-14-10;1-10(13-2)14-6-7-5-8(11)3-4-9(7)12;1-9(12)13-5-6-4-7(10)2-3-8(6)11/h1-8,15H,9-10H2;5-7H,8H2,1-4H3;3-4,7H,1-2,5-6,8H2;4-6,8H,7H2,1-3H3;1-2,5H,3-4,6H2;3-5H,6H2,1-2H3;2-4,12H,5H2,1H3. The Kier molecular flexibility index (Phi) is 47.6. The van der Waals surface area contributed by atoms with Crippen molar-refractivity contribution in [2.45, 2.75) is 145 Å². The minimum absolute atomic E-state index is 0.122. The molecule has 18 nitrogen and oxygen atoms in total. The highest BCUT2D eigenvalue weighted by Crippen LogP contribution is 2.37. The molecule has 4 aliphatic heterocycles. The first kappa shape index (κ1) is 102. The lowest BCUT2D eigenvalue weighted by Crippen LogP contribution is -2.41. The van der Waals surface area contributed by atoms with Crippen LogP contribution in [0, 0.1) is 62.1 Å². The molecule has 12 rings (SSSR count).